The number of aliphatic carboxylic acids is 1. The highest BCUT2D eigenvalue weighted by Crippen LogP contribution is 2.28. The van der Waals surface area contributed by atoms with Crippen LogP contribution < -0.4 is 4.90 Å². The molecule has 1 N–H and O–H groups in total. The zero-order chi connectivity index (χ0) is 15.4. The predicted octanol–water partition coefficient (Wildman–Crippen LogP) is 4.17. The van der Waals surface area contributed by atoms with Crippen molar-refractivity contribution in [3.8, 4) is 0 Å². The molecular weight excluding hydrogens is 262 g/mol. The number of carbonyl (C=O) groups is 1. The molecule has 0 fully saturated rings. The van der Waals surface area contributed by atoms with Crippen LogP contribution >= 0.6 is 0 Å². The molecule has 0 aliphatic carbocycles. The van der Waals surface area contributed by atoms with Crippen molar-refractivity contribution >= 4 is 23.4 Å². The van der Waals surface area contributed by atoms with E-state index in [-0.39, 0.29) is 0 Å². The summed E-state index contributed by atoms with van der Waals surface area (Å²) in [6.07, 6.45) is 2.78. The number of benzene rings is 2. The zero-order valence-corrected chi connectivity index (χ0v) is 12.5. The summed E-state index contributed by atoms with van der Waals surface area (Å²) in [5.41, 5.74) is 5.41. The summed E-state index contributed by atoms with van der Waals surface area (Å²) in [7, 11) is 2.03. The summed E-state index contributed by atoms with van der Waals surface area (Å²) in [6.45, 7) is 4.07. The van der Waals surface area contributed by atoms with Crippen LogP contribution in [-0.4, -0.2) is 18.1 Å². The van der Waals surface area contributed by atoms with E-state index in [1.165, 1.54) is 5.56 Å². The second-order valence-corrected chi connectivity index (χ2v) is 5.06. The first-order valence-corrected chi connectivity index (χ1v) is 6.80. The molecule has 0 spiro atoms. The lowest BCUT2D eigenvalue weighted by atomic mass is 10.1. The zero-order valence-electron chi connectivity index (χ0n) is 12.5. The van der Waals surface area contributed by atoms with Crippen molar-refractivity contribution in [3.05, 3.63) is 65.2 Å². The maximum Gasteiger partial charge on any atom is 0.328 e. The number of para-hydroxylation sites is 1. The molecule has 2 rings (SSSR count). The van der Waals surface area contributed by atoms with Gasteiger partial charge >= 0.3 is 5.97 Å². The minimum Gasteiger partial charge on any atom is -0.478 e. The van der Waals surface area contributed by atoms with E-state index in [9.17, 15) is 4.79 Å². The molecule has 2 aromatic rings. The lowest BCUT2D eigenvalue weighted by molar-refractivity contribution is -0.131. The maximum absolute atomic E-state index is 10.6. The summed E-state index contributed by atoms with van der Waals surface area (Å²) < 4.78 is 0. The molecule has 0 heterocycles. The van der Waals surface area contributed by atoms with Gasteiger partial charge in [-0.3, -0.25) is 0 Å². The first-order chi connectivity index (χ1) is 9.99. The van der Waals surface area contributed by atoms with E-state index in [1.807, 2.05) is 38.2 Å². The third-order valence-corrected chi connectivity index (χ3v) is 3.52. The number of anilines is 2. The van der Waals surface area contributed by atoms with Crippen molar-refractivity contribution < 1.29 is 9.90 Å². The molecular formula is C18H19NO2. The molecule has 0 aliphatic rings. The summed E-state index contributed by atoms with van der Waals surface area (Å²) in [5, 5.41) is 8.69. The van der Waals surface area contributed by atoms with Crippen molar-refractivity contribution in [1.82, 2.24) is 0 Å². The largest absolute Gasteiger partial charge is 0.478 e. The minimum atomic E-state index is -0.935. The van der Waals surface area contributed by atoms with Crippen LogP contribution in [0, 0.1) is 13.8 Å². The standard InChI is InChI=1S/C18H19NO2/c1-13-6-4-5-7-17(13)19(3)16-10-8-15(14(2)12-16)9-11-18(20)21/h4-12H,1-3H3,(H,20,21). The molecule has 0 aromatic heterocycles. The fraction of sp³-hybridized carbons (Fsp3) is 0.167. The van der Waals surface area contributed by atoms with Crippen LogP contribution in [0.4, 0.5) is 11.4 Å². The van der Waals surface area contributed by atoms with Gasteiger partial charge in [-0.15, -0.1) is 0 Å². The molecule has 0 unspecified atom stereocenters. The highest BCUT2D eigenvalue weighted by molar-refractivity contribution is 5.85. The Bertz CT molecular complexity index is 689. The highest BCUT2D eigenvalue weighted by atomic mass is 16.4. The van der Waals surface area contributed by atoms with Gasteiger partial charge in [0.1, 0.15) is 0 Å². The molecule has 0 aliphatic heterocycles. The number of carboxylic acid groups (broad SMARTS) is 1. The highest BCUT2D eigenvalue weighted by Gasteiger charge is 2.07. The van der Waals surface area contributed by atoms with Gasteiger partial charge in [-0.25, -0.2) is 4.79 Å². The van der Waals surface area contributed by atoms with Crippen molar-refractivity contribution in [2.75, 3.05) is 11.9 Å². The van der Waals surface area contributed by atoms with E-state index < -0.39 is 5.97 Å². The third-order valence-electron chi connectivity index (χ3n) is 3.52. The molecule has 0 saturated heterocycles. The molecule has 108 valence electrons. The Hall–Kier alpha value is -2.55. The van der Waals surface area contributed by atoms with Gasteiger partial charge in [0, 0.05) is 24.5 Å². The molecule has 3 heteroatoms. The van der Waals surface area contributed by atoms with Gasteiger partial charge in [-0.05, 0) is 54.8 Å². The first-order valence-electron chi connectivity index (χ1n) is 6.80. The van der Waals surface area contributed by atoms with Crippen molar-refractivity contribution in [3.63, 3.8) is 0 Å². The Morgan fingerprint density at radius 1 is 1.10 bits per heavy atom. The van der Waals surface area contributed by atoms with Gasteiger partial charge in [-0.2, -0.15) is 0 Å². The van der Waals surface area contributed by atoms with Crippen LogP contribution in [0.3, 0.4) is 0 Å². The first kappa shape index (κ1) is 14.9. The number of hydrogen-bond donors (Lipinski definition) is 1. The smallest absolute Gasteiger partial charge is 0.328 e. The normalized spacial score (nSPS) is 10.8. The Kier molecular flexibility index (Phi) is 4.43. The summed E-state index contributed by atoms with van der Waals surface area (Å²) in [5.74, 6) is -0.935. The summed E-state index contributed by atoms with van der Waals surface area (Å²) in [4.78, 5) is 12.7. The number of rotatable bonds is 4. The average molecular weight is 281 g/mol. The van der Waals surface area contributed by atoms with Crippen LogP contribution in [0.25, 0.3) is 6.08 Å². The number of carboxylic acids is 1. The third kappa shape index (κ3) is 3.51. The van der Waals surface area contributed by atoms with E-state index >= 15 is 0 Å². The Labute approximate surface area is 125 Å². The van der Waals surface area contributed by atoms with E-state index in [2.05, 4.69) is 30.0 Å². The van der Waals surface area contributed by atoms with E-state index in [4.69, 9.17) is 5.11 Å². The Morgan fingerprint density at radius 3 is 2.43 bits per heavy atom. The molecule has 21 heavy (non-hydrogen) atoms. The van der Waals surface area contributed by atoms with Gasteiger partial charge in [-0.1, -0.05) is 24.3 Å². The lowest BCUT2D eigenvalue weighted by Gasteiger charge is -2.22. The second kappa shape index (κ2) is 6.27. The average Bonchev–Trinajstić information content (AvgIpc) is 2.45. The molecule has 0 amide bonds. The Morgan fingerprint density at radius 2 is 1.81 bits per heavy atom. The van der Waals surface area contributed by atoms with E-state index in [1.54, 1.807) is 6.08 Å². The minimum absolute atomic E-state index is 0.916. The Balaban J connectivity index is 2.32. The van der Waals surface area contributed by atoms with Gasteiger partial charge < -0.3 is 10.0 Å². The fourth-order valence-corrected chi connectivity index (χ4v) is 2.30. The second-order valence-electron chi connectivity index (χ2n) is 5.06. The van der Waals surface area contributed by atoms with Crippen molar-refractivity contribution in [1.29, 1.82) is 0 Å². The van der Waals surface area contributed by atoms with Crippen LogP contribution in [0.5, 0.6) is 0 Å². The topological polar surface area (TPSA) is 40.5 Å². The molecule has 0 bridgehead atoms. The number of hydrogen-bond acceptors (Lipinski definition) is 2. The van der Waals surface area contributed by atoms with Gasteiger partial charge in [0.05, 0.1) is 0 Å². The van der Waals surface area contributed by atoms with Gasteiger partial charge in [0.25, 0.3) is 0 Å². The molecule has 0 radical (unpaired) electrons. The van der Waals surface area contributed by atoms with Crippen LogP contribution in [0.1, 0.15) is 16.7 Å². The summed E-state index contributed by atoms with van der Waals surface area (Å²) >= 11 is 0. The van der Waals surface area contributed by atoms with Crippen molar-refractivity contribution in [2.24, 2.45) is 0 Å². The van der Waals surface area contributed by atoms with Crippen LogP contribution in [0.15, 0.2) is 48.5 Å². The molecule has 0 saturated carbocycles. The lowest BCUT2D eigenvalue weighted by Crippen LogP contribution is -2.11. The predicted molar refractivity (Wildman–Crippen MR) is 87.1 cm³/mol. The SMILES string of the molecule is Cc1cc(N(C)c2ccccc2C)ccc1C=CC(=O)O. The van der Waals surface area contributed by atoms with Crippen LogP contribution in [-0.2, 0) is 4.79 Å². The van der Waals surface area contributed by atoms with E-state index in [0.29, 0.717) is 0 Å². The quantitative estimate of drug-likeness (QED) is 0.855. The summed E-state index contributed by atoms with van der Waals surface area (Å²) in [6, 6.07) is 14.2. The van der Waals surface area contributed by atoms with Crippen LogP contribution in [0.2, 0.25) is 0 Å². The molecule has 0 atom stereocenters. The molecule has 2 aromatic carbocycles. The number of nitrogens with zero attached hydrogens (tertiary/aromatic N) is 1. The van der Waals surface area contributed by atoms with Gasteiger partial charge in [0.2, 0.25) is 0 Å². The monoisotopic (exact) mass is 281 g/mol. The van der Waals surface area contributed by atoms with E-state index in [0.717, 1.165) is 28.6 Å². The maximum atomic E-state index is 10.6. The van der Waals surface area contributed by atoms with Crippen molar-refractivity contribution in [2.45, 2.75) is 13.8 Å². The molecule has 3 nitrogen and oxygen atoms in total. The fourth-order valence-electron chi connectivity index (χ4n) is 2.30. The number of aryl methyl sites for hydroxylation is 2. The van der Waals surface area contributed by atoms with Gasteiger partial charge in [0.15, 0.2) is 0 Å².